The van der Waals surface area contributed by atoms with Gasteiger partial charge in [-0.1, -0.05) is 43.7 Å². The van der Waals surface area contributed by atoms with Crippen LogP contribution in [0.3, 0.4) is 0 Å². The van der Waals surface area contributed by atoms with Crippen LogP contribution in [0.4, 0.5) is 0 Å². The van der Waals surface area contributed by atoms with E-state index in [9.17, 15) is 4.79 Å². The summed E-state index contributed by atoms with van der Waals surface area (Å²) in [5.74, 6) is 0.0361. The molecule has 0 saturated heterocycles. The van der Waals surface area contributed by atoms with Crippen molar-refractivity contribution in [1.29, 1.82) is 0 Å². The largest absolute Gasteiger partial charge is 0.377 e. The second-order valence-electron chi connectivity index (χ2n) is 4.99. The van der Waals surface area contributed by atoms with Crippen molar-refractivity contribution >= 4 is 5.91 Å². The van der Waals surface area contributed by atoms with E-state index in [1.807, 2.05) is 30.3 Å². The van der Waals surface area contributed by atoms with E-state index in [-0.39, 0.29) is 11.9 Å². The van der Waals surface area contributed by atoms with Crippen molar-refractivity contribution in [3.05, 3.63) is 35.9 Å². The van der Waals surface area contributed by atoms with Crippen LogP contribution in [0, 0.1) is 0 Å². The van der Waals surface area contributed by atoms with Crippen molar-refractivity contribution in [3.8, 4) is 0 Å². The Hall–Kier alpha value is -1.39. The highest BCUT2D eigenvalue weighted by Gasteiger charge is 2.07. The molecule has 0 aliphatic heterocycles. The standard InChI is InChI=1S/C16H26N2O2/c1-2-7-15(17)12-16(19)18-10-6-11-20-13-14-8-4-3-5-9-14/h3-5,8-9,15H,2,6-7,10-13,17H2,1H3,(H,18,19). The average molecular weight is 278 g/mol. The topological polar surface area (TPSA) is 64.4 Å². The van der Waals surface area contributed by atoms with Crippen LogP contribution in [-0.4, -0.2) is 25.1 Å². The van der Waals surface area contributed by atoms with E-state index in [0.29, 0.717) is 26.2 Å². The van der Waals surface area contributed by atoms with Crippen molar-refractivity contribution in [1.82, 2.24) is 5.32 Å². The number of hydrogen-bond donors (Lipinski definition) is 2. The molecule has 0 saturated carbocycles. The summed E-state index contributed by atoms with van der Waals surface area (Å²) >= 11 is 0. The number of nitrogens with one attached hydrogen (secondary N) is 1. The van der Waals surface area contributed by atoms with Crippen molar-refractivity contribution in [2.45, 2.75) is 45.3 Å². The number of ether oxygens (including phenoxy) is 1. The van der Waals surface area contributed by atoms with Gasteiger partial charge in [0.25, 0.3) is 0 Å². The Kier molecular flexibility index (Phi) is 8.67. The SMILES string of the molecule is CCCC(N)CC(=O)NCCCOCc1ccccc1. The first-order valence-electron chi connectivity index (χ1n) is 7.36. The third kappa shape index (κ3) is 7.92. The number of nitrogens with two attached hydrogens (primary N) is 1. The molecule has 0 radical (unpaired) electrons. The molecular weight excluding hydrogens is 252 g/mol. The molecule has 112 valence electrons. The summed E-state index contributed by atoms with van der Waals surface area (Å²) < 4.78 is 5.55. The highest BCUT2D eigenvalue weighted by Crippen LogP contribution is 2.01. The molecule has 0 heterocycles. The molecule has 0 aliphatic rings. The molecule has 1 aromatic carbocycles. The summed E-state index contributed by atoms with van der Waals surface area (Å²) in [6.45, 7) is 3.99. The maximum atomic E-state index is 11.6. The Balaban J connectivity index is 1.98. The maximum absolute atomic E-state index is 11.6. The van der Waals surface area contributed by atoms with Gasteiger partial charge in [0.05, 0.1) is 6.61 Å². The predicted molar refractivity (Wildman–Crippen MR) is 81.2 cm³/mol. The second-order valence-corrected chi connectivity index (χ2v) is 4.99. The molecule has 4 nitrogen and oxygen atoms in total. The van der Waals surface area contributed by atoms with Crippen molar-refractivity contribution < 1.29 is 9.53 Å². The minimum Gasteiger partial charge on any atom is -0.377 e. The summed E-state index contributed by atoms with van der Waals surface area (Å²) in [5.41, 5.74) is 6.98. The van der Waals surface area contributed by atoms with Gasteiger partial charge in [0.1, 0.15) is 0 Å². The lowest BCUT2D eigenvalue weighted by Gasteiger charge is -2.10. The number of benzene rings is 1. The van der Waals surface area contributed by atoms with Gasteiger partial charge in [-0.2, -0.15) is 0 Å². The van der Waals surface area contributed by atoms with E-state index in [1.54, 1.807) is 0 Å². The molecule has 4 heteroatoms. The van der Waals surface area contributed by atoms with Gasteiger partial charge in [0, 0.05) is 25.6 Å². The van der Waals surface area contributed by atoms with Crippen LogP contribution in [0.5, 0.6) is 0 Å². The van der Waals surface area contributed by atoms with Gasteiger partial charge in [-0.25, -0.2) is 0 Å². The maximum Gasteiger partial charge on any atom is 0.221 e. The zero-order valence-corrected chi connectivity index (χ0v) is 12.3. The summed E-state index contributed by atoms with van der Waals surface area (Å²) in [4.78, 5) is 11.6. The quantitative estimate of drug-likeness (QED) is 0.645. The molecular formula is C16H26N2O2. The molecule has 0 spiro atoms. The zero-order valence-electron chi connectivity index (χ0n) is 12.3. The van der Waals surface area contributed by atoms with E-state index in [0.717, 1.165) is 19.3 Å². The summed E-state index contributed by atoms with van der Waals surface area (Å²) in [5, 5.41) is 2.87. The fourth-order valence-corrected chi connectivity index (χ4v) is 1.95. The lowest BCUT2D eigenvalue weighted by atomic mass is 10.1. The molecule has 3 N–H and O–H groups in total. The van der Waals surface area contributed by atoms with Crippen LogP contribution in [0.25, 0.3) is 0 Å². The van der Waals surface area contributed by atoms with Crippen LogP contribution >= 0.6 is 0 Å². The summed E-state index contributed by atoms with van der Waals surface area (Å²) in [7, 11) is 0. The lowest BCUT2D eigenvalue weighted by molar-refractivity contribution is -0.121. The van der Waals surface area contributed by atoms with E-state index in [4.69, 9.17) is 10.5 Å². The summed E-state index contributed by atoms with van der Waals surface area (Å²) in [6.07, 6.45) is 3.15. The Morgan fingerprint density at radius 1 is 1.35 bits per heavy atom. The first-order chi connectivity index (χ1) is 9.72. The highest BCUT2D eigenvalue weighted by atomic mass is 16.5. The summed E-state index contributed by atoms with van der Waals surface area (Å²) in [6, 6.07) is 10.0. The molecule has 1 aromatic rings. The number of carbonyl (C=O) groups excluding carboxylic acids is 1. The van der Waals surface area contributed by atoms with E-state index < -0.39 is 0 Å². The molecule has 1 atom stereocenters. The molecule has 0 aliphatic carbocycles. The van der Waals surface area contributed by atoms with Crippen LogP contribution in [0.15, 0.2) is 30.3 Å². The van der Waals surface area contributed by atoms with Crippen molar-refractivity contribution in [2.75, 3.05) is 13.2 Å². The van der Waals surface area contributed by atoms with Crippen LogP contribution in [0.1, 0.15) is 38.2 Å². The normalized spacial score (nSPS) is 12.1. The highest BCUT2D eigenvalue weighted by molar-refractivity contribution is 5.76. The van der Waals surface area contributed by atoms with Crippen LogP contribution < -0.4 is 11.1 Å². The van der Waals surface area contributed by atoms with Crippen molar-refractivity contribution in [2.24, 2.45) is 5.73 Å². The van der Waals surface area contributed by atoms with E-state index in [1.165, 1.54) is 5.56 Å². The van der Waals surface area contributed by atoms with Gasteiger partial charge < -0.3 is 15.8 Å². The Morgan fingerprint density at radius 3 is 2.80 bits per heavy atom. The zero-order chi connectivity index (χ0) is 14.6. The molecule has 1 rings (SSSR count). The second kappa shape index (κ2) is 10.4. The van der Waals surface area contributed by atoms with E-state index >= 15 is 0 Å². The third-order valence-corrected chi connectivity index (χ3v) is 3.01. The molecule has 0 fully saturated rings. The minimum atomic E-state index is -0.0191. The molecule has 0 bridgehead atoms. The average Bonchev–Trinajstić information content (AvgIpc) is 2.44. The lowest BCUT2D eigenvalue weighted by Crippen LogP contribution is -2.32. The monoisotopic (exact) mass is 278 g/mol. The van der Waals surface area contributed by atoms with Crippen molar-refractivity contribution in [3.63, 3.8) is 0 Å². The van der Waals surface area contributed by atoms with Gasteiger partial charge in [0.2, 0.25) is 5.91 Å². The molecule has 0 aromatic heterocycles. The molecule has 1 amide bonds. The number of rotatable bonds is 10. The Morgan fingerprint density at radius 2 is 2.10 bits per heavy atom. The van der Waals surface area contributed by atoms with Crippen LogP contribution in [0.2, 0.25) is 0 Å². The first kappa shape index (κ1) is 16.7. The number of hydrogen-bond acceptors (Lipinski definition) is 3. The number of carbonyl (C=O) groups is 1. The van der Waals surface area contributed by atoms with E-state index in [2.05, 4.69) is 12.2 Å². The fraction of sp³-hybridized carbons (Fsp3) is 0.562. The fourth-order valence-electron chi connectivity index (χ4n) is 1.95. The van der Waals surface area contributed by atoms with Gasteiger partial charge in [-0.05, 0) is 18.4 Å². The predicted octanol–water partition coefficient (Wildman–Crippen LogP) is 2.23. The molecule has 20 heavy (non-hydrogen) atoms. The first-order valence-corrected chi connectivity index (χ1v) is 7.36. The Labute approximate surface area is 121 Å². The number of amides is 1. The van der Waals surface area contributed by atoms with Gasteiger partial charge in [0.15, 0.2) is 0 Å². The van der Waals surface area contributed by atoms with Gasteiger partial charge in [-0.3, -0.25) is 4.79 Å². The minimum absolute atomic E-state index is 0.0191. The molecule has 1 unspecified atom stereocenters. The van der Waals surface area contributed by atoms with Gasteiger partial charge in [-0.15, -0.1) is 0 Å². The smallest absolute Gasteiger partial charge is 0.221 e. The Bertz CT molecular complexity index is 368. The van der Waals surface area contributed by atoms with Crippen LogP contribution in [-0.2, 0) is 16.1 Å². The third-order valence-electron chi connectivity index (χ3n) is 3.01. The van der Waals surface area contributed by atoms with Gasteiger partial charge >= 0.3 is 0 Å².